The molecule has 0 bridgehead atoms. The summed E-state index contributed by atoms with van der Waals surface area (Å²) in [5.41, 5.74) is 1.39. The number of benzene rings is 1. The average molecular weight is 357 g/mol. The topological polar surface area (TPSA) is 54.5 Å². The number of hydrogen-bond donors (Lipinski definition) is 1. The predicted octanol–water partition coefficient (Wildman–Crippen LogP) is 3.18. The molecule has 0 radical (unpaired) electrons. The quantitative estimate of drug-likeness (QED) is 0.893. The van der Waals surface area contributed by atoms with Crippen LogP contribution in [-0.4, -0.2) is 37.2 Å². The maximum Gasteiger partial charge on any atom is 0.253 e. The Morgan fingerprint density at radius 2 is 1.85 bits per heavy atom. The van der Waals surface area contributed by atoms with Crippen molar-refractivity contribution in [3.63, 3.8) is 0 Å². The van der Waals surface area contributed by atoms with Gasteiger partial charge in [0.1, 0.15) is 11.6 Å². The van der Waals surface area contributed by atoms with E-state index in [0.717, 1.165) is 24.5 Å². The summed E-state index contributed by atoms with van der Waals surface area (Å²) in [6.07, 6.45) is 1.60. The van der Waals surface area contributed by atoms with E-state index in [2.05, 4.69) is 15.2 Å². The molecule has 0 aliphatic carbocycles. The van der Waals surface area contributed by atoms with Gasteiger partial charge < -0.3 is 15.0 Å². The van der Waals surface area contributed by atoms with Crippen LogP contribution in [0.3, 0.4) is 0 Å². The van der Waals surface area contributed by atoms with Gasteiger partial charge in [-0.25, -0.2) is 9.37 Å². The Kier molecular flexibility index (Phi) is 5.83. The van der Waals surface area contributed by atoms with E-state index in [1.807, 2.05) is 19.9 Å². The molecule has 1 aromatic carbocycles. The molecule has 1 aliphatic rings. The van der Waals surface area contributed by atoms with Crippen LogP contribution in [0, 0.1) is 11.7 Å². The van der Waals surface area contributed by atoms with Crippen molar-refractivity contribution < 1.29 is 13.9 Å². The molecule has 1 aromatic heterocycles. The zero-order valence-electron chi connectivity index (χ0n) is 15.1. The lowest BCUT2D eigenvalue weighted by atomic mass is 9.95. The number of rotatable bonds is 5. The molecule has 6 heteroatoms. The molecule has 0 spiro atoms. The Morgan fingerprint density at radius 1 is 1.15 bits per heavy atom. The number of nitrogens with zero attached hydrogens (tertiary/aromatic N) is 2. The van der Waals surface area contributed by atoms with Gasteiger partial charge in [-0.3, -0.25) is 4.79 Å². The van der Waals surface area contributed by atoms with E-state index in [9.17, 15) is 9.18 Å². The number of anilines is 1. The zero-order chi connectivity index (χ0) is 18.5. The predicted molar refractivity (Wildman–Crippen MR) is 98.7 cm³/mol. The van der Waals surface area contributed by atoms with Gasteiger partial charge in [-0.15, -0.1) is 0 Å². The van der Waals surface area contributed by atoms with Gasteiger partial charge in [0.25, 0.3) is 5.91 Å². The van der Waals surface area contributed by atoms with Gasteiger partial charge in [-0.1, -0.05) is 26.0 Å². The van der Waals surface area contributed by atoms with Gasteiger partial charge in [0.2, 0.25) is 0 Å². The summed E-state index contributed by atoms with van der Waals surface area (Å²) >= 11 is 0. The van der Waals surface area contributed by atoms with Gasteiger partial charge in [-0.05, 0) is 35.7 Å². The molecule has 3 rings (SSSR count). The fourth-order valence-corrected chi connectivity index (χ4v) is 3.03. The number of carbonyl (C=O) groups excluding carboxylic acids is 1. The largest absolute Gasteiger partial charge is 0.378 e. The molecular formula is C20H24FN3O2. The number of morpholine rings is 1. The number of pyridine rings is 1. The third kappa shape index (κ3) is 4.38. The number of ether oxygens (including phenoxy) is 1. The minimum Gasteiger partial charge on any atom is -0.378 e. The number of aromatic nitrogens is 1. The number of hydrogen-bond acceptors (Lipinski definition) is 4. The summed E-state index contributed by atoms with van der Waals surface area (Å²) in [5.74, 6) is 0.549. The van der Waals surface area contributed by atoms with Crippen LogP contribution < -0.4 is 10.2 Å². The highest BCUT2D eigenvalue weighted by molar-refractivity contribution is 5.94. The molecule has 2 aromatic rings. The lowest BCUT2D eigenvalue weighted by Crippen LogP contribution is -2.37. The Morgan fingerprint density at radius 3 is 2.42 bits per heavy atom. The number of halogens is 1. The van der Waals surface area contributed by atoms with Gasteiger partial charge in [0, 0.05) is 19.3 Å². The molecule has 26 heavy (non-hydrogen) atoms. The first-order valence-electron chi connectivity index (χ1n) is 8.89. The van der Waals surface area contributed by atoms with Crippen LogP contribution in [0.2, 0.25) is 0 Å². The summed E-state index contributed by atoms with van der Waals surface area (Å²) < 4.78 is 18.5. The number of amides is 1. The second kappa shape index (κ2) is 8.27. The van der Waals surface area contributed by atoms with Crippen molar-refractivity contribution in [2.45, 2.75) is 19.9 Å². The minimum atomic E-state index is -0.287. The first kappa shape index (κ1) is 18.3. The molecule has 0 unspecified atom stereocenters. The van der Waals surface area contributed by atoms with Crippen molar-refractivity contribution in [3.8, 4) is 0 Å². The van der Waals surface area contributed by atoms with Crippen LogP contribution in [0.1, 0.15) is 35.8 Å². The standard InChI is InChI=1S/C20H24FN3O2/c1-14(2)19(15-3-6-17(21)7-4-15)23-20(25)16-5-8-18(22-13-16)24-9-11-26-12-10-24/h3-8,13-14,19H,9-12H2,1-2H3,(H,23,25)/t19-/m0/s1. The first-order valence-corrected chi connectivity index (χ1v) is 8.89. The van der Waals surface area contributed by atoms with Crippen LogP contribution in [-0.2, 0) is 4.74 Å². The highest BCUT2D eigenvalue weighted by atomic mass is 19.1. The lowest BCUT2D eigenvalue weighted by Gasteiger charge is -2.27. The Hall–Kier alpha value is -2.47. The fourth-order valence-electron chi connectivity index (χ4n) is 3.03. The summed E-state index contributed by atoms with van der Waals surface area (Å²) in [5, 5.41) is 3.03. The molecule has 1 amide bonds. The molecule has 1 atom stereocenters. The summed E-state index contributed by atoms with van der Waals surface area (Å²) in [7, 11) is 0. The van der Waals surface area contributed by atoms with E-state index in [1.54, 1.807) is 24.4 Å². The Labute approximate surface area is 153 Å². The molecule has 0 saturated carbocycles. The van der Waals surface area contributed by atoms with Crippen LogP contribution >= 0.6 is 0 Å². The molecule has 138 valence electrons. The lowest BCUT2D eigenvalue weighted by molar-refractivity contribution is 0.0925. The SMILES string of the molecule is CC(C)[C@H](NC(=O)c1ccc(N2CCOCC2)nc1)c1ccc(F)cc1. The fraction of sp³-hybridized carbons (Fsp3) is 0.400. The summed E-state index contributed by atoms with van der Waals surface area (Å²) in [6, 6.07) is 9.70. The Bertz CT molecular complexity index is 726. The maximum atomic E-state index is 13.2. The van der Waals surface area contributed by atoms with Gasteiger partial charge in [0.05, 0.1) is 24.8 Å². The van der Waals surface area contributed by atoms with Crippen molar-refractivity contribution in [3.05, 3.63) is 59.5 Å². The van der Waals surface area contributed by atoms with Crippen LogP contribution in [0.15, 0.2) is 42.6 Å². The molecule has 1 aliphatic heterocycles. The van der Waals surface area contributed by atoms with Gasteiger partial charge in [-0.2, -0.15) is 0 Å². The third-order valence-corrected chi connectivity index (χ3v) is 4.53. The number of carbonyl (C=O) groups is 1. The van der Waals surface area contributed by atoms with Crippen molar-refractivity contribution in [1.29, 1.82) is 0 Å². The van der Waals surface area contributed by atoms with E-state index >= 15 is 0 Å². The number of nitrogens with one attached hydrogen (secondary N) is 1. The first-order chi connectivity index (χ1) is 12.5. The monoisotopic (exact) mass is 357 g/mol. The van der Waals surface area contributed by atoms with E-state index in [4.69, 9.17) is 4.74 Å². The molecule has 1 saturated heterocycles. The van der Waals surface area contributed by atoms with Crippen molar-refractivity contribution >= 4 is 11.7 Å². The van der Waals surface area contributed by atoms with Crippen LogP contribution in [0.5, 0.6) is 0 Å². The van der Waals surface area contributed by atoms with Crippen molar-refractivity contribution in [2.24, 2.45) is 5.92 Å². The van der Waals surface area contributed by atoms with Crippen molar-refractivity contribution in [2.75, 3.05) is 31.2 Å². The minimum absolute atomic E-state index is 0.171. The van der Waals surface area contributed by atoms with Crippen LogP contribution in [0.4, 0.5) is 10.2 Å². The van der Waals surface area contributed by atoms with E-state index < -0.39 is 0 Å². The third-order valence-electron chi connectivity index (χ3n) is 4.53. The molecule has 5 nitrogen and oxygen atoms in total. The van der Waals surface area contributed by atoms with Crippen molar-refractivity contribution in [1.82, 2.24) is 10.3 Å². The smallest absolute Gasteiger partial charge is 0.253 e. The average Bonchev–Trinajstić information content (AvgIpc) is 2.67. The Balaban J connectivity index is 1.70. The molecule has 1 N–H and O–H groups in total. The maximum absolute atomic E-state index is 13.2. The van der Waals surface area contributed by atoms with E-state index in [1.165, 1.54) is 12.1 Å². The molecular weight excluding hydrogens is 333 g/mol. The van der Waals surface area contributed by atoms with Gasteiger partial charge >= 0.3 is 0 Å². The van der Waals surface area contributed by atoms with Gasteiger partial charge in [0.15, 0.2) is 0 Å². The van der Waals surface area contributed by atoms with E-state index in [-0.39, 0.29) is 23.7 Å². The summed E-state index contributed by atoms with van der Waals surface area (Å²) in [4.78, 5) is 19.2. The second-order valence-corrected chi connectivity index (χ2v) is 6.75. The van der Waals surface area contributed by atoms with Crippen LogP contribution in [0.25, 0.3) is 0 Å². The summed E-state index contributed by atoms with van der Waals surface area (Å²) in [6.45, 7) is 7.04. The molecule has 1 fully saturated rings. The molecule has 2 heterocycles. The second-order valence-electron chi connectivity index (χ2n) is 6.75. The van der Waals surface area contributed by atoms with E-state index in [0.29, 0.717) is 18.8 Å². The zero-order valence-corrected chi connectivity index (χ0v) is 15.1. The highest BCUT2D eigenvalue weighted by Gasteiger charge is 2.20. The normalized spacial score (nSPS) is 15.8. The highest BCUT2D eigenvalue weighted by Crippen LogP contribution is 2.23.